The highest BCUT2D eigenvalue weighted by atomic mass is 16.5. The van der Waals surface area contributed by atoms with E-state index in [4.69, 9.17) is 15.6 Å². The Balaban J connectivity index is 1.54. The molecule has 3 atom stereocenters. The molecule has 2 amide bonds. The van der Waals surface area contributed by atoms with Gasteiger partial charge in [-0.2, -0.15) is 0 Å². The van der Waals surface area contributed by atoms with Gasteiger partial charge in [-0.25, -0.2) is 14.7 Å². The zero-order valence-electron chi connectivity index (χ0n) is 18.6. The van der Waals surface area contributed by atoms with Gasteiger partial charge in [-0.3, -0.25) is 9.59 Å². The number of hydrogen-bond acceptors (Lipinski definition) is 6. The van der Waals surface area contributed by atoms with E-state index in [2.05, 4.69) is 4.98 Å². The topological polar surface area (TPSA) is 123 Å². The van der Waals surface area contributed by atoms with Crippen LogP contribution in [-0.2, 0) is 16.0 Å². The Kier molecular flexibility index (Phi) is 6.58. The molecular formula is C26H25N3O5. The molecule has 8 heteroatoms. The van der Waals surface area contributed by atoms with E-state index in [0.717, 1.165) is 11.1 Å². The predicted molar refractivity (Wildman–Crippen MR) is 125 cm³/mol. The maximum absolute atomic E-state index is 13.1. The van der Waals surface area contributed by atoms with Gasteiger partial charge < -0.3 is 15.6 Å². The molecule has 1 unspecified atom stereocenters. The lowest BCUT2D eigenvalue weighted by molar-refractivity contribution is -0.183. The van der Waals surface area contributed by atoms with Crippen molar-refractivity contribution in [1.29, 1.82) is 0 Å². The summed E-state index contributed by atoms with van der Waals surface area (Å²) in [6, 6.07) is 19.0. The number of benzene rings is 2. The van der Waals surface area contributed by atoms with E-state index in [0.29, 0.717) is 18.0 Å². The summed E-state index contributed by atoms with van der Waals surface area (Å²) in [6.45, 7) is 1.94. The van der Waals surface area contributed by atoms with Crippen molar-refractivity contribution < 1.29 is 24.2 Å². The van der Waals surface area contributed by atoms with Gasteiger partial charge in [0.25, 0.3) is 0 Å². The summed E-state index contributed by atoms with van der Waals surface area (Å²) in [5, 5.41) is 9.12. The van der Waals surface area contributed by atoms with Gasteiger partial charge in [-0.05, 0) is 59.9 Å². The van der Waals surface area contributed by atoms with E-state index in [1.165, 1.54) is 29.2 Å². The van der Waals surface area contributed by atoms with Crippen LogP contribution in [0.5, 0.6) is 5.75 Å². The van der Waals surface area contributed by atoms with Gasteiger partial charge in [0.05, 0.1) is 11.5 Å². The lowest BCUT2D eigenvalue weighted by Crippen LogP contribution is -2.66. The van der Waals surface area contributed by atoms with Crippen LogP contribution in [0.4, 0.5) is 5.82 Å². The van der Waals surface area contributed by atoms with E-state index in [-0.39, 0.29) is 29.7 Å². The van der Waals surface area contributed by atoms with Crippen molar-refractivity contribution in [2.75, 3.05) is 5.73 Å². The molecule has 0 aliphatic carbocycles. The summed E-state index contributed by atoms with van der Waals surface area (Å²) < 4.78 is 6.04. The highest BCUT2D eigenvalue weighted by Gasteiger charge is 2.52. The molecule has 0 saturated carbocycles. The number of aromatic nitrogens is 1. The molecule has 0 bridgehead atoms. The van der Waals surface area contributed by atoms with Crippen molar-refractivity contribution in [3.05, 3.63) is 89.6 Å². The molecule has 0 spiro atoms. The average Bonchev–Trinajstić information content (AvgIpc) is 2.83. The molecule has 1 aliphatic heterocycles. The number of nitrogen functional groups attached to an aromatic ring is 1. The number of ether oxygens (including phenoxy) is 1. The van der Waals surface area contributed by atoms with Crippen molar-refractivity contribution in [2.24, 2.45) is 5.92 Å². The van der Waals surface area contributed by atoms with Crippen molar-refractivity contribution in [3.63, 3.8) is 0 Å². The Labute approximate surface area is 197 Å². The van der Waals surface area contributed by atoms with E-state index >= 15 is 0 Å². The van der Waals surface area contributed by atoms with Crippen LogP contribution in [0.25, 0.3) is 0 Å². The van der Waals surface area contributed by atoms with Crippen molar-refractivity contribution in [2.45, 2.75) is 31.9 Å². The molecule has 34 heavy (non-hydrogen) atoms. The fraction of sp³-hybridized carbons (Fsp3) is 0.231. The van der Waals surface area contributed by atoms with Gasteiger partial charge in [-0.15, -0.1) is 0 Å². The number of hydrogen-bond donors (Lipinski definition) is 2. The second-order valence-corrected chi connectivity index (χ2v) is 8.36. The first-order valence-electron chi connectivity index (χ1n) is 10.9. The third-order valence-electron chi connectivity index (χ3n) is 5.93. The Morgan fingerprint density at radius 1 is 1.12 bits per heavy atom. The number of pyridine rings is 1. The zero-order chi connectivity index (χ0) is 24.2. The monoisotopic (exact) mass is 459 g/mol. The van der Waals surface area contributed by atoms with Crippen LogP contribution in [0.1, 0.15) is 40.7 Å². The smallest absolute Gasteiger partial charge is 0.335 e. The zero-order valence-corrected chi connectivity index (χ0v) is 18.6. The quantitative estimate of drug-likeness (QED) is 0.494. The summed E-state index contributed by atoms with van der Waals surface area (Å²) in [7, 11) is 0. The molecule has 3 aromatic rings. The van der Waals surface area contributed by atoms with E-state index in [9.17, 15) is 14.4 Å². The number of carboxylic acid groups (broad SMARTS) is 1. The first-order chi connectivity index (χ1) is 16.3. The third-order valence-corrected chi connectivity index (χ3v) is 5.93. The number of nitrogens with two attached hydrogens (primary N) is 1. The normalized spacial score (nSPS) is 18.1. The SMILES string of the molecule is C[C@@H](CC(=O)N1C(=O)C(Cc2ccnc(N)c2)[C@H]1Oc1ccc(C(=O)O)cc1)c1ccccc1. The molecule has 2 aromatic carbocycles. The van der Waals surface area contributed by atoms with E-state index in [1.807, 2.05) is 37.3 Å². The first-order valence-corrected chi connectivity index (χ1v) is 10.9. The van der Waals surface area contributed by atoms with Gasteiger partial charge in [0, 0.05) is 12.6 Å². The lowest BCUT2D eigenvalue weighted by Gasteiger charge is -2.45. The molecule has 1 aliphatic rings. The maximum atomic E-state index is 13.1. The van der Waals surface area contributed by atoms with Crippen LogP contribution in [0.2, 0.25) is 0 Å². The minimum absolute atomic E-state index is 0.0731. The molecule has 1 saturated heterocycles. The van der Waals surface area contributed by atoms with Crippen molar-refractivity contribution in [3.8, 4) is 5.75 Å². The number of rotatable bonds is 8. The van der Waals surface area contributed by atoms with Crippen LogP contribution in [0.15, 0.2) is 72.9 Å². The highest BCUT2D eigenvalue weighted by molar-refractivity contribution is 6.02. The Morgan fingerprint density at radius 2 is 1.82 bits per heavy atom. The number of carboxylic acids is 1. The summed E-state index contributed by atoms with van der Waals surface area (Å²) in [5.74, 6) is -1.63. The molecule has 4 rings (SSSR count). The number of imide groups is 1. The average molecular weight is 460 g/mol. The van der Waals surface area contributed by atoms with Gasteiger partial charge in [0.15, 0.2) is 6.23 Å². The summed E-state index contributed by atoms with van der Waals surface area (Å²) in [6.07, 6.45) is 1.25. The van der Waals surface area contributed by atoms with Crippen LogP contribution < -0.4 is 10.5 Å². The minimum atomic E-state index is -1.05. The second-order valence-electron chi connectivity index (χ2n) is 8.36. The largest absolute Gasteiger partial charge is 0.478 e. The number of anilines is 1. The van der Waals surface area contributed by atoms with E-state index < -0.39 is 18.1 Å². The number of carbonyl (C=O) groups excluding carboxylic acids is 2. The van der Waals surface area contributed by atoms with Gasteiger partial charge in [0.2, 0.25) is 11.8 Å². The number of β-lactam (4-membered cyclic amide) rings is 1. The number of amides is 2. The molecule has 2 heterocycles. The molecule has 3 N–H and O–H groups in total. The van der Waals surface area contributed by atoms with Gasteiger partial charge >= 0.3 is 5.97 Å². The molecule has 1 aromatic heterocycles. The fourth-order valence-electron chi connectivity index (χ4n) is 4.06. The third kappa shape index (κ3) is 4.91. The summed E-state index contributed by atoms with van der Waals surface area (Å²) >= 11 is 0. The lowest BCUT2D eigenvalue weighted by atomic mass is 9.87. The molecule has 174 valence electrons. The second kappa shape index (κ2) is 9.74. The predicted octanol–water partition coefficient (Wildman–Crippen LogP) is 3.49. The Morgan fingerprint density at radius 3 is 2.47 bits per heavy atom. The standard InChI is InChI=1S/C26H25N3O5/c1-16(18-5-3-2-4-6-18)13-23(30)29-24(31)21(14-17-11-12-28-22(27)15-17)25(29)34-20-9-7-19(8-10-20)26(32)33/h2-12,15-16,21,25H,13-14H2,1H3,(H2,27,28)(H,32,33)/t16-,21?,25+/m0/s1. The van der Waals surface area contributed by atoms with Crippen LogP contribution in [0, 0.1) is 5.92 Å². The number of likely N-dealkylation sites (tertiary alicyclic amines) is 1. The van der Waals surface area contributed by atoms with Crippen LogP contribution in [-0.4, -0.2) is 39.0 Å². The van der Waals surface area contributed by atoms with Gasteiger partial charge in [0.1, 0.15) is 11.6 Å². The Hall–Kier alpha value is -4.20. The maximum Gasteiger partial charge on any atom is 0.335 e. The van der Waals surface area contributed by atoms with Crippen LogP contribution in [0.3, 0.4) is 0 Å². The highest BCUT2D eigenvalue weighted by Crippen LogP contribution is 2.34. The molecular weight excluding hydrogens is 434 g/mol. The molecule has 1 fully saturated rings. The fourth-order valence-corrected chi connectivity index (χ4v) is 4.06. The van der Waals surface area contributed by atoms with Crippen LogP contribution >= 0.6 is 0 Å². The van der Waals surface area contributed by atoms with Gasteiger partial charge in [-0.1, -0.05) is 37.3 Å². The summed E-state index contributed by atoms with van der Waals surface area (Å²) in [5.41, 5.74) is 7.71. The first kappa shape index (κ1) is 23.0. The number of nitrogens with zero attached hydrogens (tertiary/aromatic N) is 2. The number of carbonyl (C=O) groups is 3. The van der Waals surface area contributed by atoms with E-state index in [1.54, 1.807) is 18.3 Å². The van der Waals surface area contributed by atoms with Crippen molar-refractivity contribution >= 4 is 23.6 Å². The van der Waals surface area contributed by atoms with Crippen molar-refractivity contribution in [1.82, 2.24) is 9.88 Å². The molecule has 0 radical (unpaired) electrons. The minimum Gasteiger partial charge on any atom is -0.478 e. The number of aromatic carboxylic acids is 1. The Bertz CT molecular complexity index is 1200. The molecule has 8 nitrogen and oxygen atoms in total. The summed E-state index contributed by atoms with van der Waals surface area (Å²) in [4.78, 5) is 42.5.